The first-order valence-corrected chi connectivity index (χ1v) is 8.27. The van der Waals surface area contributed by atoms with Gasteiger partial charge in [-0.1, -0.05) is 30.3 Å². The Bertz CT molecular complexity index is 1070. The van der Waals surface area contributed by atoms with Gasteiger partial charge in [0.05, 0.1) is 0 Å². The van der Waals surface area contributed by atoms with Gasteiger partial charge in [0.15, 0.2) is 0 Å². The van der Waals surface area contributed by atoms with Gasteiger partial charge in [-0.2, -0.15) is 0 Å². The SMILES string of the molecule is Cn1c(C(=O)N[C@@H](Cc2ccc(O)cc2)C(=O)O)cc2ccccc2c1=O. The van der Waals surface area contributed by atoms with Crippen LogP contribution >= 0.6 is 0 Å². The van der Waals surface area contributed by atoms with Crippen LogP contribution in [0.5, 0.6) is 5.75 Å². The van der Waals surface area contributed by atoms with Crippen molar-refractivity contribution in [1.82, 2.24) is 9.88 Å². The van der Waals surface area contributed by atoms with Crippen molar-refractivity contribution >= 4 is 22.6 Å². The first-order valence-electron chi connectivity index (χ1n) is 8.27. The zero-order valence-electron chi connectivity index (χ0n) is 14.5. The number of hydrogen-bond acceptors (Lipinski definition) is 4. The summed E-state index contributed by atoms with van der Waals surface area (Å²) in [5, 5.41) is 22.3. The van der Waals surface area contributed by atoms with Gasteiger partial charge in [-0.3, -0.25) is 9.59 Å². The number of amides is 1. The standard InChI is InChI=1S/C20H18N2O5/c1-22-17(11-13-4-2-3-5-15(13)19(22)25)18(24)21-16(20(26)27)10-12-6-8-14(23)9-7-12/h2-9,11,16,23H,10H2,1H3,(H,21,24)(H,26,27)/t16-/m0/s1. The molecule has 0 saturated heterocycles. The third kappa shape index (κ3) is 3.82. The number of carboxylic acid groups (broad SMARTS) is 1. The minimum absolute atomic E-state index is 0.0445. The topological polar surface area (TPSA) is 109 Å². The minimum atomic E-state index is -1.19. The number of aromatic hydroxyl groups is 1. The normalized spacial score (nSPS) is 11.9. The number of aliphatic carboxylic acids is 1. The molecule has 0 spiro atoms. The minimum Gasteiger partial charge on any atom is -0.508 e. The first-order chi connectivity index (χ1) is 12.9. The number of phenols is 1. The number of fused-ring (bicyclic) bond motifs is 1. The smallest absolute Gasteiger partial charge is 0.326 e. The fourth-order valence-corrected chi connectivity index (χ4v) is 2.87. The molecule has 0 aliphatic rings. The Labute approximate surface area is 154 Å². The fraction of sp³-hybridized carbons (Fsp3) is 0.150. The number of nitrogens with zero attached hydrogens (tertiary/aromatic N) is 1. The first kappa shape index (κ1) is 18.2. The average Bonchev–Trinajstić information content (AvgIpc) is 2.65. The van der Waals surface area contributed by atoms with E-state index >= 15 is 0 Å². The molecule has 0 fully saturated rings. The molecule has 7 heteroatoms. The second kappa shape index (κ2) is 7.33. The summed E-state index contributed by atoms with van der Waals surface area (Å²) in [5.41, 5.74) is 0.396. The van der Waals surface area contributed by atoms with Crippen molar-refractivity contribution in [1.29, 1.82) is 0 Å². The van der Waals surface area contributed by atoms with Crippen LogP contribution in [0.25, 0.3) is 10.8 Å². The van der Waals surface area contributed by atoms with Gasteiger partial charge in [-0.15, -0.1) is 0 Å². The van der Waals surface area contributed by atoms with E-state index in [2.05, 4.69) is 5.32 Å². The summed E-state index contributed by atoms with van der Waals surface area (Å²) < 4.78 is 1.21. The summed E-state index contributed by atoms with van der Waals surface area (Å²) in [5.74, 6) is -1.77. The summed E-state index contributed by atoms with van der Waals surface area (Å²) in [6.07, 6.45) is 0.0445. The Morgan fingerprint density at radius 1 is 1.11 bits per heavy atom. The number of pyridine rings is 1. The van der Waals surface area contributed by atoms with Gasteiger partial charge in [0.25, 0.3) is 11.5 Å². The van der Waals surface area contributed by atoms with Gasteiger partial charge in [0.2, 0.25) is 0 Å². The van der Waals surface area contributed by atoms with Crippen LogP contribution in [-0.2, 0) is 18.3 Å². The van der Waals surface area contributed by atoms with E-state index in [1.54, 1.807) is 42.5 Å². The van der Waals surface area contributed by atoms with E-state index < -0.39 is 17.9 Å². The van der Waals surface area contributed by atoms with Gasteiger partial charge in [-0.25, -0.2) is 4.79 Å². The van der Waals surface area contributed by atoms with Crippen LogP contribution in [0.15, 0.2) is 59.4 Å². The van der Waals surface area contributed by atoms with E-state index in [9.17, 15) is 24.6 Å². The molecule has 0 radical (unpaired) electrons. The highest BCUT2D eigenvalue weighted by atomic mass is 16.4. The molecule has 0 bridgehead atoms. The third-order valence-electron chi connectivity index (χ3n) is 4.36. The zero-order valence-corrected chi connectivity index (χ0v) is 14.5. The highest BCUT2D eigenvalue weighted by molar-refractivity contribution is 5.98. The molecule has 138 valence electrons. The molecule has 0 aliphatic carbocycles. The van der Waals surface area contributed by atoms with Crippen molar-refractivity contribution in [3.63, 3.8) is 0 Å². The summed E-state index contributed by atoms with van der Waals surface area (Å²) in [7, 11) is 1.47. The number of carbonyl (C=O) groups is 2. The lowest BCUT2D eigenvalue weighted by molar-refractivity contribution is -0.139. The molecular weight excluding hydrogens is 348 g/mol. The molecule has 3 N–H and O–H groups in total. The van der Waals surface area contributed by atoms with Crippen molar-refractivity contribution < 1.29 is 19.8 Å². The predicted molar refractivity (Wildman–Crippen MR) is 99.9 cm³/mol. The van der Waals surface area contributed by atoms with Gasteiger partial charge >= 0.3 is 5.97 Å². The molecule has 0 saturated carbocycles. The van der Waals surface area contributed by atoms with E-state index in [0.29, 0.717) is 16.3 Å². The van der Waals surface area contributed by atoms with Crippen molar-refractivity contribution in [2.75, 3.05) is 0 Å². The Morgan fingerprint density at radius 2 is 1.78 bits per heavy atom. The number of benzene rings is 2. The number of rotatable bonds is 5. The van der Waals surface area contributed by atoms with Crippen LogP contribution in [-0.4, -0.2) is 32.7 Å². The number of nitrogens with one attached hydrogen (secondary N) is 1. The number of carboxylic acids is 1. The summed E-state index contributed by atoms with van der Waals surface area (Å²) in [4.78, 5) is 36.7. The van der Waals surface area contributed by atoms with Crippen molar-refractivity contribution in [2.24, 2.45) is 7.05 Å². The molecule has 1 aromatic heterocycles. The summed E-state index contributed by atoms with van der Waals surface area (Å²) in [6.45, 7) is 0. The van der Waals surface area contributed by atoms with Crippen LogP contribution in [0.2, 0.25) is 0 Å². The van der Waals surface area contributed by atoms with E-state index in [1.807, 2.05) is 0 Å². The summed E-state index contributed by atoms with van der Waals surface area (Å²) in [6, 6.07) is 13.3. The van der Waals surface area contributed by atoms with E-state index in [0.717, 1.165) is 0 Å². The third-order valence-corrected chi connectivity index (χ3v) is 4.36. The molecule has 0 aliphatic heterocycles. The molecule has 1 amide bonds. The number of phenolic OH excluding ortho intramolecular Hbond substituents is 1. The second-order valence-electron chi connectivity index (χ2n) is 6.22. The highest BCUT2D eigenvalue weighted by Gasteiger charge is 2.23. The maximum Gasteiger partial charge on any atom is 0.326 e. The highest BCUT2D eigenvalue weighted by Crippen LogP contribution is 2.13. The predicted octanol–water partition coefficient (Wildman–Crippen LogP) is 1.67. The monoisotopic (exact) mass is 366 g/mol. The lowest BCUT2D eigenvalue weighted by Crippen LogP contribution is -2.43. The molecule has 3 aromatic rings. The van der Waals surface area contributed by atoms with Crippen LogP contribution < -0.4 is 10.9 Å². The molecule has 1 atom stereocenters. The molecule has 2 aromatic carbocycles. The summed E-state index contributed by atoms with van der Waals surface area (Å²) >= 11 is 0. The number of hydrogen-bond donors (Lipinski definition) is 3. The molecule has 27 heavy (non-hydrogen) atoms. The molecule has 7 nitrogen and oxygen atoms in total. The quantitative estimate of drug-likeness (QED) is 0.636. The lowest BCUT2D eigenvalue weighted by Gasteiger charge is -2.16. The molecule has 1 heterocycles. The van der Waals surface area contributed by atoms with E-state index in [-0.39, 0.29) is 23.4 Å². The maximum absolute atomic E-state index is 12.6. The average molecular weight is 366 g/mol. The van der Waals surface area contributed by atoms with Gasteiger partial charge in [0, 0.05) is 18.9 Å². The number of aromatic nitrogens is 1. The molecule has 0 unspecified atom stereocenters. The Kier molecular flexibility index (Phi) is 4.94. The number of carbonyl (C=O) groups excluding carboxylic acids is 1. The van der Waals surface area contributed by atoms with Crippen molar-refractivity contribution in [2.45, 2.75) is 12.5 Å². The van der Waals surface area contributed by atoms with E-state index in [1.165, 1.54) is 23.7 Å². The van der Waals surface area contributed by atoms with Gasteiger partial charge in [0.1, 0.15) is 17.5 Å². The largest absolute Gasteiger partial charge is 0.508 e. The Balaban J connectivity index is 1.89. The van der Waals surface area contributed by atoms with Crippen LogP contribution in [0.3, 0.4) is 0 Å². The van der Waals surface area contributed by atoms with Gasteiger partial charge < -0.3 is 20.1 Å². The van der Waals surface area contributed by atoms with E-state index in [4.69, 9.17) is 0 Å². The van der Waals surface area contributed by atoms with Crippen LogP contribution in [0, 0.1) is 0 Å². The van der Waals surface area contributed by atoms with Crippen LogP contribution in [0.1, 0.15) is 16.1 Å². The Hall–Kier alpha value is -3.61. The van der Waals surface area contributed by atoms with Gasteiger partial charge in [-0.05, 0) is 35.2 Å². The maximum atomic E-state index is 12.6. The van der Waals surface area contributed by atoms with Crippen LogP contribution in [0.4, 0.5) is 0 Å². The zero-order chi connectivity index (χ0) is 19.6. The second-order valence-corrected chi connectivity index (χ2v) is 6.22. The molecular formula is C20H18N2O5. The lowest BCUT2D eigenvalue weighted by atomic mass is 10.1. The van der Waals surface area contributed by atoms with Crippen molar-refractivity contribution in [3.8, 4) is 5.75 Å². The fourth-order valence-electron chi connectivity index (χ4n) is 2.87. The molecule has 3 rings (SSSR count). The van der Waals surface area contributed by atoms with Crippen molar-refractivity contribution in [3.05, 3.63) is 76.2 Å². The Morgan fingerprint density at radius 3 is 2.44 bits per heavy atom.